The van der Waals surface area contributed by atoms with Crippen molar-refractivity contribution in [2.75, 3.05) is 6.61 Å². The summed E-state index contributed by atoms with van der Waals surface area (Å²) >= 11 is 0. The molecule has 2 heterocycles. The largest absolute Gasteiger partial charge is 0.376 e. The van der Waals surface area contributed by atoms with Crippen molar-refractivity contribution in [3.05, 3.63) is 40.3 Å². The summed E-state index contributed by atoms with van der Waals surface area (Å²) in [4.78, 5) is 24.4. The van der Waals surface area contributed by atoms with Crippen LogP contribution in [0.1, 0.15) is 25.5 Å². The standard InChI is InChI=1S/C17H21N3O3/c1-11(15-8-5-9-23-15)18-16(21)10-14-12-6-3-4-7-13(12)17(22)20(2)19-14/h3-4,6-7,11,15H,5,8-10H2,1-2H3,(H,18,21)/t11-,15-/m1/s1. The summed E-state index contributed by atoms with van der Waals surface area (Å²) in [6, 6.07) is 7.22. The van der Waals surface area contributed by atoms with Crippen LogP contribution >= 0.6 is 0 Å². The van der Waals surface area contributed by atoms with Crippen molar-refractivity contribution in [3.8, 4) is 0 Å². The molecule has 0 saturated carbocycles. The first-order chi connectivity index (χ1) is 11.1. The van der Waals surface area contributed by atoms with E-state index < -0.39 is 0 Å². The van der Waals surface area contributed by atoms with Crippen LogP contribution < -0.4 is 10.9 Å². The predicted molar refractivity (Wildman–Crippen MR) is 87.3 cm³/mol. The molecule has 1 N–H and O–H groups in total. The average Bonchev–Trinajstić information content (AvgIpc) is 3.07. The van der Waals surface area contributed by atoms with E-state index in [1.165, 1.54) is 4.68 Å². The number of carbonyl (C=O) groups is 1. The zero-order valence-corrected chi connectivity index (χ0v) is 13.4. The summed E-state index contributed by atoms with van der Waals surface area (Å²) in [6.07, 6.45) is 2.25. The van der Waals surface area contributed by atoms with E-state index in [0.717, 1.165) is 24.8 Å². The molecule has 0 radical (unpaired) electrons. The fraction of sp³-hybridized carbons (Fsp3) is 0.471. The van der Waals surface area contributed by atoms with Crippen LogP contribution in [0.5, 0.6) is 0 Å². The number of aryl methyl sites for hydroxylation is 1. The SMILES string of the molecule is C[C@@H](NC(=O)Cc1nn(C)c(=O)c2ccccc12)[C@H]1CCCO1. The average molecular weight is 315 g/mol. The minimum absolute atomic E-state index is 0.0243. The Balaban J connectivity index is 1.79. The van der Waals surface area contributed by atoms with Gasteiger partial charge in [-0.3, -0.25) is 9.59 Å². The lowest BCUT2D eigenvalue weighted by molar-refractivity contribution is -0.121. The molecule has 0 unspecified atom stereocenters. The highest BCUT2D eigenvalue weighted by atomic mass is 16.5. The molecule has 1 aliphatic rings. The number of nitrogens with zero attached hydrogens (tertiary/aromatic N) is 2. The molecule has 1 fully saturated rings. The molecule has 1 aliphatic heterocycles. The van der Waals surface area contributed by atoms with Crippen molar-refractivity contribution in [1.82, 2.24) is 15.1 Å². The van der Waals surface area contributed by atoms with Gasteiger partial charge in [0.05, 0.1) is 29.6 Å². The Labute approximate surface area is 134 Å². The molecule has 6 heteroatoms. The summed E-state index contributed by atoms with van der Waals surface area (Å²) in [5.41, 5.74) is 0.456. The van der Waals surface area contributed by atoms with Crippen molar-refractivity contribution >= 4 is 16.7 Å². The number of benzene rings is 1. The maximum absolute atomic E-state index is 12.3. The molecule has 1 amide bonds. The van der Waals surface area contributed by atoms with Gasteiger partial charge in [0.1, 0.15) is 0 Å². The maximum Gasteiger partial charge on any atom is 0.274 e. The van der Waals surface area contributed by atoms with E-state index in [4.69, 9.17) is 4.74 Å². The Morgan fingerprint density at radius 2 is 2.17 bits per heavy atom. The number of hydrogen-bond donors (Lipinski definition) is 1. The second-order valence-corrected chi connectivity index (χ2v) is 6.01. The van der Waals surface area contributed by atoms with E-state index in [2.05, 4.69) is 10.4 Å². The number of ether oxygens (including phenoxy) is 1. The molecule has 2 atom stereocenters. The zero-order chi connectivity index (χ0) is 16.4. The molecule has 0 spiro atoms. The monoisotopic (exact) mass is 315 g/mol. The van der Waals surface area contributed by atoms with Crippen LogP contribution in [0, 0.1) is 0 Å². The summed E-state index contributed by atoms with van der Waals surface area (Å²) in [5, 5.41) is 8.55. The molecular weight excluding hydrogens is 294 g/mol. The summed E-state index contributed by atoms with van der Waals surface area (Å²) in [5.74, 6) is -0.107. The molecule has 6 nitrogen and oxygen atoms in total. The minimum Gasteiger partial charge on any atom is -0.376 e. The Hall–Kier alpha value is -2.21. The van der Waals surface area contributed by atoms with Crippen molar-refractivity contribution in [2.45, 2.75) is 38.3 Å². The molecule has 23 heavy (non-hydrogen) atoms. The third-order valence-corrected chi connectivity index (χ3v) is 4.27. The van der Waals surface area contributed by atoms with Gasteiger partial charge >= 0.3 is 0 Å². The van der Waals surface area contributed by atoms with Gasteiger partial charge in [-0.25, -0.2) is 4.68 Å². The van der Waals surface area contributed by atoms with E-state index in [1.807, 2.05) is 25.1 Å². The minimum atomic E-state index is -0.155. The fourth-order valence-electron chi connectivity index (χ4n) is 3.05. The van der Waals surface area contributed by atoms with Gasteiger partial charge in [-0.05, 0) is 25.8 Å². The van der Waals surface area contributed by atoms with Gasteiger partial charge < -0.3 is 10.1 Å². The van der Waals surface area contributed by atoms with Gasteiger partial charge in [0, 0.05) is 19.0 Å². The van der Waals surface area contributed by atoms with Gasteiger partial charge in [0.25, 0.3) is 5.56 Å². The molecule has 122 valence electrons. The van der Waals surface area contributed by atoms with Crippen molar-refractivity contribution in [1.29, 1.82) is 0 Å². The van der Waals surface area contributed by atoms with Crippen molar-refractivity contribution < 1.29 is 9.53 Å². The van der Waals surface area contributed by atoms with Crippen LogP contribution in [0.15, 0.2) is 29.1 Å². The van der Waals surface area contributed by atoms with E-state index in [-0.39, 0.29) is 30.0 Å². The van der Waals surface area contributed by atoms with Crippen molar-refractivity contribution in [2.24, 2.45) is 7.05 Å². The quantitative estimate of drug-likeness (QED) is 0.919. The smallest absolute Gasteiger partial charge is 0.274 e. The van der Waals surface area contributed by atoms with E-state index >= 15 is 0 Å². The third-order valence-electron chi connectivity index (χ3n) is 4.27. The molecule has 1 saturated heterocycles. The van der Waals surface area contributed by atoms with Crippen LogP contribution in [-0.2, 0) is 23.0 Å². The topological polar surface area (TPSA) is 73.2 Å². The van der Waals surface area contributed by atoms with Crippen LogP contribution in [-0.4, -0.2) is 34.4 Å². The van der Waals surface area contributed by atoms with Gasteiger partial charge in [-0.2, -0.15) is 5.10 Å². The molecule has 2 aromatic rings. The number of amides is 1. The van der Waals surface area contributed by atoms with Crippen molar-refractivity contribution in [3.63, 3.8) is 0 Å². The molecular formula is C17H21N3O3. The zero-order valence-electron chi connectivity index (χ0n) is 13.4. The van der Waals surface area contributed by atoms with Gasteiger partial charge in [0.15, 0.2) is 0 Å². The lowest BCUT2D eigenvalue weighted by atomic mass is 10.1. The molecule has 0 bridgehead atoms. The number of aromatic nitrogens is 2. The van der Waals surface area contributed by atoms with Gasteiger partial charge in [-0.15, -0.1) is 0 Å². The highest BCUT2D eigenvalue weighted by Crippen LogP contribution is 2.16. The summed E-state index contributed by atoms with van der Waals surface area (Å²) in [7, 11) is 1.60. The Bertz CT molecular complexity index is 778. The highest BCUT2D eigenvalue weighted by molar-refractivity contribution is 5.88. The normalized spacial score (nSPS) is 19.0. The van der Waals surface area contributed by atoms with Crippen LogP contribution in [0.4, 0.5) is 0 Å². The molecule has 1 aromatic heterocycles. The van der Waals surface area contributed by atoms with E-state index in [0.29, 0.717) is 11.1 Å². The molecule has 3 rings (SSSR count). The van der Waals surface area contributed by atoms with Gasteiger partial charge in [0.2, 0.25) is 5.91 Å². The first-order valence-corrected chi connectivity index (χ1v) is 7.92. The predicted octanol–water partition coefficient (Wildman–Crippen LogP) is 1.16. The number of nitrogens with one attached hydrogen (secondary N) is 1. The van der Waals surface area contributed by atoms with Gasteiger partial charge in [-0.1, -0.05) is 18.2 Å². The maximum atomic E-state index is 12.3. The van der Waals surface area contributed by atoms with E-state index in [1.54, 1.807) is 13.1 Å². The lowest BCUT2D eigenvalue weighted by Gasteiger charge is -2.20. The highest BCUT2D eigenvalue weighted by Gasteiger charge is 2.24. The molecule has 0 aliphatic carbocycles. The third kappa shape index (κ3) is 3.27. The van der Waals surface area contributed by atoms with Crippen LogP contribution in [0.2, 0.25) is 0 Å². The first-order valence-electron chi connectivity index (χ1n) is 7.92. The number of fused-ring (bicyclic) bond motifs is 1. The second kappa shape index (κ2) is 6.50. The Morgan fingerprint density at radius 1 is 1.43 bits per heavy atom. The van der Waals surface area contributed by atoms with E-state index in [9.17, 15) is 9.59 Å². The lowest BCUT2D eigenvalue weighted by Crippen LogP contribution is -2.41. The Kier molecular flexibility index (Phi) is 4.43. The summed E-state index contributed by atoms with van der Waals surface area (Å²) < 4.78 is 6.88. The number of hydrogen-bond acceptors (Lipinski definition) is 4. The second-order valence-electron chi connectivity index (χ2n) is 6.01. The van der Waals surface area contributed by atoms with Crippen LogP contribution in [0.25, 0.3) is 10.8 Å². The number of rotatable bonds is 4. The first kappa shape index (κ1) is 15.7. The Morgan fingerprint density at radius 3 is 2.87 bits per heavy atom. The number of carbonyl (C=O) groups excluding carboxylic acids is 1. The fourth-order valence-corrected chi connectivity index (χ4v) is 3.05. The molecule has 1 aromatic carbocycles. The summed E-state index contributed by atoms with van der Waals surface area (Å²) in [6.45, 7) is 2.72. The van der Waals surface area contributed by atoms with Crippen LogP contribution in [0.3, 0.4) is 0 Å².